The van der Waals surface area contributed by atoms with Crippen molar-refractivity contribution >= 4 is 7.37 Å². The second kappa shape index (κ2) is 5.70. The summed E-state index contributed by atoms with van der Waals surface area (Å²) in [6, 6.07) is -0.968. The summed E-state index contributed by atoms with van der Waals surface area (Å²) in [4.78, 5) is 9.41. The van der Waals surface area contributed by atoms with E-state index in [1.165, 1.54) is 14.2 Å². The van der Waals surface area contributed by atoms with Gasteiger partial charge >= 0.3 is 0 Å². The van der Waals surface area contributed by atoms with Crippen LogP contribution in [0.5, 0.6) is 0 Å². The standard InChI is InChI=1S/C7H17O4P/c1-4-5-6-12(8,9)7(10-2)11-3/h7H,4-6H2,1-3H3,(H,8,9). The normalized spacial score (nSPS) is 16.4. The highest BCUT2D eigenvalue weighted by Crippen LogP contribution is 2.47. The molecule has 5 heteroatoms. The summed E-state index contributed by atoms with van der Waals surface area (Å²) in [6.45, 7) is 1.97. The van der Waals surface area contributed by atoms with Gasteiger partial charge in [-0.1, -0.05) is 13.3 Å². The smallest absolute Gasteiger partial charge is 0.255 e. The van der Waals surface area contributed by atoms with Crippen LogP contribution in [0.2, 0.25) is 0 Å². The molecule has 1 N–H and O–H groups in total. The van der Waals surface area contributed by atoms with E-state index < -0.39 is 13.4 Å². The third-order valence-electron chi connectivity index (χ3n) is 1.56. The van der Waals surface area contributed by atoms with Crippen LogP contribution in [0.25, 0.3) is 0 Å². The lowest BCUT2D eigenvalue weighted by Crippen LogP contribution is -2.15. The Morgan fingerprint density at radius 1 is 1.42 bits per heavy atom. The van der Waals surface area contributed by atoms with E-state index in [4.69, 9.17) is 9.47 Å². The molecule has 1 unspecified atom stereocenters. The van der Waals surface area contributed by atoms with Crippen molar-refractivity contribution in [3.63, 3.8) is 0 Å². The van der Waals surface area contributed by atoms with Crippen molar-refractivity contribution in [1.29, 1.82) is 0 Å². The first-order valence-corrected chi connectivity index (χ1v) is 5.87. The van der Waals surface area contributed by atoms with Gasteiger partial charge < -0.3 is 14.4 Å². The molecule has 0 rings (SSSR count). The number of methoxy groups -OCH3 is 2. The fourth-order valence-electron chi connectivity index (χ4n) is 0.916. The molecule has 0 aromatic heterocycles. The minimum absolute atomic E-state index is 0.260. The van der Waals surface area contributed by atoms with Gasteiger partial charge in [0.2, 0.25) is 6.03 Å². The van der Waals surface area contributed by atoms with Gasteiger partial charge in [0.1, 0.15) is 0 Å². The molecule has 0 aliphatic rings. The SMILES string of the molecule is CCCCP(=O)(O)C(OC)OC. The number of hydrogen-bond acceptors (Lipinski definition) is 3. The number of rotatable bonds is 6. The molecule has 4 nitrogen and oxygen atoms in total. The Balaban J connectivity index is 4.06. The second-order valence-electron chi connectivity index (χ2n) is 2.61. The lowest BCUT2D eigenvalue weighted by molar-refractivity contribution is -0.0495. The minimum atomic E-state index is -3.26. The first-order chi connectivity index (χ1) is 5.58. The maximum absolute atomic E-state index is 11.4. The Morgan fingerprint density at radius 3 is 2.25 bits per heavy atom. The quantitative estimate of drug-likeness (QED) is 0.518. The number of unbranched alkanes of at least 4 members (excludes halogenated alkanes) is 1. The van der Waals surface area contributed by atoms with Crippen molar-refractivity contribution < 1.29 is 18.9 Å². The highest BCUT2D eigenvalue weighted by molar-refractivity contribution is 7.58. The van der Waals surface area contributed by atoms with Gasteiger partial charge in [0.25, 0.3) is 7.37 Å². The van der Waals surface area contributed by atoms with E-state index in [1.54, 1.807) is 0 Å². The molecule has 0 fully saturated rings. The van der Waals surface area contributed by atoms with Crippen molar-refractivity contribution in [3.8, 4) is 0 Å². The average Bonchev–Trinajstić information content (AvgIpc) is 2.03. The Morgan fingerprint density at radius 2 is 1.92 bits per heavy atom. The van der Waals surface area contributed by atoms with Crippen molar-refractivity contribution in [1.82, 2.24) is 0 Å². The summed E-state index contributed by atoms with van der Waals surface area (Å²) in [5.41, 5.74) is 0. The molecule has 0 saturated heterocycles. The van der Waals surface area contributed by atoms with Crippen LogP contribution >= 0.6 is 7.37 Å². The maximum Gasteiger partial charge on any atom is 0.255 e. The minimum Gasteiger partial charge on any atom is -0.348 e. The van der Waals surface area contributed by atoms with Gasteiger partial charge in [-0.2, -0.15) is 0 Å². The molecule has 0 saturated carbocycles. The van der Waals surface area contributed by atoms with Crippen molar-refractivity contribution in [2.24, 2.45) is 0 Å². The molecule has 0 amide bonds. The highest BCUT2D eigenvalue weighted by Gasteiger charge is 2.29. The molecule has 0 aliphatic heterocycles. The zero-order chi connectivity index (χ0) is 9.61. The zero-order valence-corrected chi connectivity index (χ0v) is 8.71. The van der Waals surface area contributed by atoms with Crippen LogP contribution in [-0.4, -0.2) is 31.3 Å². The molecule has 0 radical (unpaired) electrons. The van der Waals surface area contributed by atoms with Gasteiger partial charge in [0, 0.05) is 20.4 Å². The molecular formula is C7H17O4P. The molecule has 12 heavy (non-hydrogen) atoms. The molecule has 0 aromatic carbocycles. The maximum atomic E-state index is 11.4. The van der Waals surface area contributed by atoms with E-state index in [2.05, 4.69) is 0 Å². The third-order valence-corrected chi connectivity index (χ3v) is 3.60. The summed E-state index contributed by atoms with van der Waals surface area (Å²) in [5, 5.41) is 0. The van der Waals surface area contributed by atoms with Gasteiger partial charge in [-0.3, -0.25) is 4.57 Å². The molecule has 1 atom stereocenters. The first kappa shape index (κ1) is 12.1. The van der Waals surface area contributed by atoms with E-state index in [9.17, 15) is 9.46 Å². The van der Waals surface area contributed by atoms with E-state index >= 15 is 0 Å². The lowest BCUT2D eigenvalue weighted by Gasteiger charge is -2.19. The molecule has 0 aromatic rings. The average molecular weight is 196 g/mol. The van der Waals surface area contributed by atoms with E-state index in [0.29, 0.717) is 0 Å². The van der Waals surface area contributed by atoms with Crippen molar-refractivity contribution in [2.45, 2.75) is 25.8 Å². The van der Waals surface area contributed by atoms with Gasteiger partial charge in [0.15, 0.2) is 0 Å². The van der Waals surface area contributed by atoms with Crippen LogP contribution in [0, 0.1) is 0 Å². The Bertz CT molecular complexity index is 155. The molecule has 0 spiro atoms. The zero-order valence-electron chi connectivity index (χ0n) is 7.82. The molecule has 0 heterocycles. The molecule has 0 bridgehead atoms. The van der Waals surface area contributed by atoms with Gasteiger partial charge in [0.05, 0.1) is 0 Å². The Hall–Kier alpha value is 0.110. The largest absolute Gasteiger partial charge is 0.348 e. The summed E-state index contributed by atoms with van der Waals surface area (Å²) in [5.74, 6) is 0. The van der Waals surface area contributed by atoms with Crippen molar-refractivity contribution in [2.75, 3.05) is 20.4 Å². The van der Waals surface area contributed by atoms with Crippen LogP contribution in [0.1, 0.15) is 19.8 Å². The van der Waals surface area contributed by atoms with Crippen LogP contribution in [-0.2, 0) is 14.0 Å². The number of hydrogen-bond donors (Lipinski definition) is 1. The van der Waals surface area contributed by atoms with Gasteiger partial charge in [-0.25, -0.2) is 0 Å². The van der Waals surface area contributed by atoms with Crippen LogP contribution in [0.4, 0.5) is 0 Å². The lowest BCUT2D eigenvalue weighted by atomic mass is 10.4. The van der Waals surface area contributed by atoms with Crippen molar-refractivity contribution in [3.05, 3.63) is 0 Å². The molecule has 74 valence electrons. The fraction of sp³-hybridized carbons (Fsp3) is 1.00. The van der Waals surface area contributed by atoms with Crippen LogP contribution in [0.15, 0.2) is 0 Å². The van der Waals surface area contributed by atoms with E-state index in [-0.39, 0.29) is 6.16 Å². The third kappa shape index (κ3) is 3.68. The van der Waals surface area contributed by atoms with Crippen LogP contribution < -0.4 is 0 Å². The summed E-state index contributed by atoms with van der Waals surface area (Å²) in [7, 11) is -0.535. The number of ether oxygens (including phenoxy) is 2. The van der Waals surface area contributed by atoms with E-state index in [0.717, 1.165) is 12.8 Å². The Labute approximate surface area is 73.3 Å². The monoisotopic (exact) mass is 196 g/mol. The topological polar surface area (TPSA) is 55.8 Å². The van der Waals surface area contributed by atoms with Crippen LogP contribution in [0.3, 0.4) is 0 Å². The summed E-state index contributed by atoms with van der Waals surface area (Å²) in [6.07, 6.45) is 1.87. The first-order valence-electron chi connectivity index (χ1n) is 3.95. The Kier molecular flexibility index (Phi) is 5.76. The highest BCUT2D eigenvalue weighted by atomic mass is 31.2. The second-order valence-corrected chi connectivity index (χ2v) is 4.99. The predicted octanol–water partition coefficient (Wildman–Crippen LogP) is 1.63. The fourth-order valence-corrected chi connectivity index (χ4v) is 2.55. The predicted molar refractivity (Wildman–Crippen MR) is 47.4 cm³/mol. The van der Waals surface area contributed by atoms with Gasteiger partial charge in [-0.15, -0.1) is 0 Å². The van der Waals surface area contributed by atoms with Gasteiger partial charge in [-0.05, 0) is 6.42 Å². The summed E-state index contributed by atoms with van der Waals surface area (Å²) < 4.78 is 20.9. The summed E-state index contributed by atoms with van der Waals surface area (Å²) >= 11 is 0. The molecular weight excluding hydrogens is 179 g/mol. The molecule has 0 aliphatic carbocycles. The van der Waals surface area contributed by atoms with E-state index in [1.807, 2.05) is 6.92 Å².